The van der Waals surface area contributed by atoms with Crippen LogP contribution in [0.1, 0.15) is 63.5 Å². The summed E-state index contributed by atoms with van der Waals surface area (Å²) >= 11 is 0. The van der Waals surface area contributed by atoms with Gasteiger partial charge in [0.2, 0.25) is 5.91 Å². The minimum absolute atomic E-state index is 0.0408. The van der Waals surface area contributed by atoms with Gasteiger partial charge in [0.1, 0.15) is 13.2 Å². The molecule has 2 amide bonds. The van der Waals surface area contributed by atoms with Crippen molar-refractivity contribution in [2.24, 2.45) is 5.92 Å². The maximum absolute atomic E-state index is 12.9. The van der Waals surface area contributed by atoms with E-state index in [4.69, 9.17) is 4.74 Å². The molecule has 2 aromatic rings. The van der Waals surface area contributed by atoms with E-state index < -0.39 is 18.1 Å². The molecule has 0 aromatic heterocycles. The van der Waals surface area contributed by atoms with Gasteiger partial charge in [-0.25, -0.2) is 4.79 Å². The number of amides is 2. The van der Waals surface area contributed by atoms with Crippen molar-refractivity contribution in [1.29, 1.82) is 0 Å². The Labute approximate surface area is 207 Å². The van der Waals surface area contributed by atoms with Crippen LogP contribution in [0, 0.1) is 5.92 Å². The molecule has 188 valence electrons. The molecular weight excluding hydrogens is 444 g/mol. The molecule has 2 aromatic carbocycles. The number of hydrogen-bond donors (Lipinski definition) is 2. The molecule has 2 N–H and O–H groups in total. The average molecular weight is 481 g/mol. The minimum atomic E-state index is -1.05. The molecule has 35 heavy (non-hydrogen) atoms. The normalized spacial score (nSPS) is 13.1. The van der Waals surface area contributed by atoms with Crippen LogP contribution in [0.4, 0.5) is 4.79 Å². The van der Waals surface area contributed by atoms with Gasteiger partial charge < -0.3 is 20.1 Å². The molecule has 0 unspecified atom stereocenters. The molecule has 0 heterocycles. The molecule has 1 atom stereocenters. The predicted octanol–water partition coefficient (Wildman–Crippen LogP) is 5.04. The van der Waals surface area contributed by atoms with Gasteiger partial charge in [0.05, 0.1) is 0 Å². The highest BCUT2D eigenvalue weighted by Gasteiger charge is 2.29. The Hall–Kier alpha value is -3.35. The molecule has 0 radical (unpaired) electrons. The molecular formula is C28H36N2O5. The summed E-state index contributed by atoms with van der Waals surface area (Å²) in [6.45, 7) is 6.13. The highest BCUT2D eigenvalue weighted by atomic mass is 16.5. The summed E-state index contributed by atoms with van der Waals surface area (Å²) in [5.74, 6) is -1.22. The molecule has 0 aliphatic heterocycles. The van der Waals surface area contributed by atoms with Crippen LogP contribution in [0.25, 0.3) is 11.1 Å². The lowest BCUT2D eigenvalue weighted by molar-refractivity contribution is -0.145. The number of benzene rings is 2. The second-order valence-electron chi connectivity index (χ2n) is 9.58. The summed E-state index contributed by atoms with van der Waals surface area (Å²) in [5, 5.41) is 12.1. The van der Waals surface area contributed by atoms with Crippen molar-refractivity contribution >= 4 is 18.0 Å². The summed E-state index contributed by atoms with van der Waals surface area (Å²) in [5.41, 5.74) is 4.59. The van der Waals surface area contributed by atoms with Gasteiger partial charge in [0, 0.05) is 24.9 Å². The SMILES string of the molecule is CCCC[C@H](CC(=O)N(CC(=O)O)CC(C)C)NC(=O)OCC1c2ccccc2-c2ccccc21. The van der Waals surface area contributed by atoms with E-state index in [1.165, 1.54) is 4.90 Å². The zero-order valence-corrected chi connectivity index (χ0v) is 20.8. The fourth-order valence-electron chi connectivity index (χ4n) is 4.68. The van der Waals surface area contributed by atoms with Gasteiger partial charge >= 0.3 is 12.1 Å². The molecule has 0 saturated heterocycles. The second-order valence-corrected chi connectivity index (χ2v) is 9.58. The van der Waals surface area contributed by atoms with Crippen LogP contribution >= 0.6 is 0 Å². The number of ether oxygens (including phenoxy) is 1. The van der Waals surface area contributed by atoms with Crippen LogP contribution in [0.2, 0.25) is 0 Å². The lowest BCUT2D eigenvalue weighted by Gasteiger charge is -2.26. The number of carbonyl (C=O) groups excluding carboxylic acids is 2. The van der Waals surface area contributed by atoms with Crippen molar-refractivity contribution in [1.82, 2.24) is 10.2 Å². The average Bonchev–Trinajstić information content (AvgIpc) is 3.14. The number of alkyl carbamates (subject to hydrolysis) is 1. The Morgan fingerprint density at radius 1 is 1.03 bits per heavy atom. The molecule has 1 aliphatic rings. The summed E-state index contributed by atoms with van der Waals surface area (Å²) in [6, 6.07) is 15.9. The molecule has 3 rings (SSSR count). The predicted molar refractivity (Wildman–Crippen MR) is 135 cm³/mol. The van der Waals surface area contributed by atoms with Crippen molar-refractivity contribution in [3.8, 4) is 11.1 Å². The first-order chi connectivity index (χ1) is 16.8. The number of nitrogens with zero attached hydrogens (tertiary/aromatic N) is 1. The molecule has 0 saturated carbocycles. The van der Waals surface area contributed by atoms with Crippen LogP contribution in [-0.4, -0.2) is 53.7 Å². The van der Waals surface area contributed by atoms with E-state index in [0.29, 0.717) is 13.0 Å². The van der Waals surface area contributed by atoms with Crippen LogP contribution in [-0.2, 0) is 14.3 Å². The first kappa shape index (κ1) is 26.3. The van der Waals surface area contributed by atoms with Crippen molar-refractivity contribution < 1.29 is 24.2 Å². The largest absolute Gasteiger partial charge is 0.480 e. The van der Waals surface area contributed by atoms with Crippen molar-refractivity contribution in [3.63, 3.8) is 0 Å². The first-order valence-corrected chi connectivity index (χ1v) is 12.4. The smallest absolute Gasteiger partial charge is 0.407 e. The summed E-state index contributed by atoms with van der Waals surface area (Å²) in [4.78, 5) is 38.2. The summed E-state index contributed by atoms with van der Waals surface area (Å²) in [6.07, 6.45) is 1.86. The molecule has 7 nitrogen and oxygen atoms in total. The van der Waals surface area contributed by atoms with Gasteiger partial charge in [-0.1, -0.05) is 82.1 Å². The summed E-state index contributed by atoms with van der Waals surface area (Å²) < 4.78 is 5.65. The van der Waals surface area contributed by atoms with Crippen LogP contribution in [0.5, 0.6) is 0 Å². The third-order valence-electron chi connectivity index (χ3n) is 6.26. The third kappa shape index (κ3) is 7.07. The molecule has 0 bridgehead atoms. The fourth-order valence-corrected chi connectivity index (χ4v) is 4.68. The minimum Gasteiger partial charge on any atom is -0.480 e. The Bertz CT molecular complexity index is 990. The van der Waals surface area contributed by atoms with E-state index in [2.05, 4.69) is 29.6 Å². The fraction of sp³-hybridized carbons (Fsp3) is 0.464. The zero-order chi connectivity index (χ0) is 25.4. The van der Waals surface area contributed by atoms with E-state index in [9.17, 15) is 19.5 Å². The number of fused-ring (bicyclic) bond motifs is 3. The number of aliphatic carboxylic acids is 1. The number of carboxylic acids is 1. The Balaban J connectivity index is 1.63. The van der Waals surface area contributed by atoms with E-state index >= 15 is 0 Å². The van der Waals surface area contributed by atoms with Crippen LogP contribution < -0.4 is 5.32 Å². The molecule has 0 fully saturated rings. The maximum Gasteiger partial charge on any atom is 0.407 e. The standard InChI is InChI=1S/C28H36N2O5/c1-4-5-10-20(15-26(31)30(16-19(2)3)17-27(32)33)29-28(34)35-18-25-23-13-8-6-11-21(23)22-12-7-9-14-24(22)25/h6-9,11-14,19-20,25H,4-5,10,15-18H2,1-3H3,(H,29,34)(H,32,33)/t20-/m1/s1. The maximum atomic E-state index is 12.9. The van der Waals surface area contributed by atoms with Gasteiger partial charge in [-0.3, -0.25) is 9.59 Å². The summed E-state index contributed by atoms with van der Waals surface area (Å²) in [7, 11) is 0. The molecule has 0 spiro atoms. The lowest BCUT2D eigenvalue weighted by atomic mass is 9.98. The number of carbonyl (C=O) groups is 3. The second kappa shape index (κ2) is 12.4. The number of hydrogen-bond acceptors (Lipinski definition) is 4. The van der Waals surface area contributed by atoms with Crippen molar-refractivity contribution in [2.75, 3.05) is 19.7 Å². The number of carboxylic acid groups (broad SMARTS) is 1. The van der Waals surface area contributed by atoms with Crippen molar-refractivity contribution in [3.05, 3.63) is 59.7 Å². The van der Waals surface area contributed by atoms with Gasteiger partial charge in [0.15, 0.2) is 0 Å². The highest BCUT2D eigenvalue weighted by molar-refractivity contribution is 5.82. The van der Waals surface area contributed by atoms with Gasteiger partial charge in [0.25, 0.3) is 0 Å². The van der Waals surface area contributed by atoms with Crippen LogP contribution in [0.3, 0.4) is 0 Å². The number of nitrogens with one attached hydrogen (secondary N) is 1. The number of rotatable bonds is 12. The van der Waals surface area contributed by atoms with E-state index in [0.717, 1.165) is 35.1 Å². The van der Waals surface area contributed by atoms with Crippen LogP contribution in [0.15, 0.2) is 48.5 Å². The Morgan fingerprint density at radius 2 is 1.63 bits per heavy atom. The topological polar surface area (TPSA) is 95.9 Å². The zero-order valence-electron chi connectivity index (χ0n) is 20.8. The third-order valence-corrected chi connectivity index (χ3v) is 6.26. The van der Waals surface area contributed by atoms with Gasteiger partial charge in [-0.15, -0.1) is 0 Å². The number of unbranched alkanes of at least 4 members (excludes halogenated alkanes) is 1. The Kier molecular flexibility index (Phi) is 9.29. The van der Waals surface area contributed by atoms with E-state index in [1.807, 2.05) is 45.0 Å². The Morgan fingerprint density at radius 3 is 2.17 bits per heavy atom. The van der Waals surface area contributed by atoms with E-state index in [1.54, 1.807) is 0 Å². The van der Waals surface area contributed by atoms with Crippen molar-refractivity contribution in [2.45, 2.75) is 58.4 Å². The van der Waals surface area contributed by atoms with Gasteiger partial charge in [-0.05, 0) is 34.6 Å². The first-order valence-electron chi connectivity index (χ1n) is 12.4. The highest BCUT2D eigenvalue weighted by Crippen LogP contribution is 2.44. The molecule has 1 aliphatic carbocycles. The molecule has 7 heteroatoms. The monoisotopic (exact) mass is 480 g/mol. The van der Waals surface area contributed by atoms with Gasteiger partial charge in [-0.2, -0.15) is 0 Å². The quantitative estimate of drug-likeness (QED) is 0.444. The van der Waals surface area contributed by atoms with E-state index in [-0.39, 0.29) is 37.3 Å². The lowest BCUT2D eigenvalue weighted by Crippen LogP contribution is -2.43.